The molecule has 0 aromatic carbocycles. The van der Waals surface area contributed by atoms with Crippen LogP contribution >= 0.6 is 0 Å². The average molecular weight is 246 g/mol. The van der Waals surface area contributed by atoms with Crippen molar-refractivity contribution in [1.82, 2.24) is 10.2 Å². The molecule has 0 aliphatic carbocycles. The van der Waals surface area contributed by atoms with Crippen molar-refractivity contribution in [1.29, 1.82) is 0 Å². The van der Waals surface area contributed by atoms with E-state index in [4.69, 9.17) is 0 Å². The zero-order valence-corrected chi connectivity index (χ0v) is 11.8. The van der Waals surface area contributed by atoms with E-state index in [1.807, 2.05) is 6.26 Å². The Bertz CT molecular complexity index is 223. The molecule has 0 saturated carbocycles. The second-order valence-corrected chi connectivity index (χ2v) is 7.20. The van der Waals surface area contributed by atoms with Gasteiger partial charge >= 0.3 is 0 Å². The summed E-state index contributed by atoms with van der Waals surface area (Å²) in [6.45, 7) is 12.1. The van der Waals surface area contributed by atoms with E-state index < -0.39 is 10.8 Å². The molecular formula is C12H26N2OS. The first-order valence-corrected chi connectivity index (χ1v) is 7.86. The van der Waals surface area contributed by atoms with Gasteiger partial charge in [-0.3, -0.25) is 4.21 Å². The molecule has 0 spiro atoms. The lowest BCUT2D eigenvalue weighted by Crippen LogP contribution is -2.45. The van der Waals surface area contributed by atoms with Crippen LogP contribution in [0.15, 0.2) is 0 Å². The lowest BCUT2D eigenvalue weighted by molar-refractivity contribution is 0.187. The Morgan fingerprint density at radius 1 is 1.31 bits per heavy atom. The molecule has 0 radical (unpaired) electrons. The molecule has 1 rings (SSSR count). The van der Waals surface area contributed by atoms with E-state index in [9.17, 15) is 4.21 Å². The summed E-state index contributed by atoms with van der Waals surface area (Å²) in [6.07, 6.45) is 1.81. The molecule has 0 bridgehead atoms. The van der Waals surface area contributed by atoms with Gasteiger partial charge in [0.05, 0.1) is 0 Å². The van der Waals surface area contributed by atoms with Gasteiger partial charge in [0.25, 0.3) is 0 Å². The molecule has 1 N–H and O–H groups in total. The van der Waals surface area contributed by atoms with Gasteiger partial charge in [0, 0.05) is 41.9 Å². The van der Waals surface area contributed by atoms with Crippen LogP contribution in [-0.4, -0.2) is 53.3 Å². The fourth-order valence-electron chi connectivity index (χ4n) is 2.28. The van der Waals surface area contributed by atoms with Crippen molar-refractivity contribution in [2.24, 2.45) is 11.8 Å². The highest BCUT2D eigenvalue weighted by Crippen LogP contribution is 2.09. The van der Waals surface area contributed by atoms with Crippen molar-refractivity contribution < 1.29 is 4.21 Å². The quantitative estimate of drug-likeness (QED) is 0.804. The van der Waals surface area contributed by atoms with E-state index in [2.05, 4.69) is 31.0 Å². The van der Waals surface area contributed by atoms with E-state index >= 15 is 0 Å². The Labute approximate surface area is 102 Å². The molecule has 0 aromatic rings. The van der Waals surface area contributed by atoms with Crippen molar-refractivity contribution >= 4 is 10.8 Å². The van der Waals surface area contributed by atoms with Crippen LogP contribution < -0.4 is 5.32 Å². The van der Waals surface area contributed by atoms with E-state index in [1.54, 1.807) is 0 Å². The van der Waals surface area contributed by atoms with Gasteiger partial charge in [-0.05, 0) is 31.8 Å². The highest BCUT2D eigenvalue weighted by atomic mass is 32.2. The number of hydrogen-bond donors (Lipinski definition) is 1. The van der Waals surface area contributed by atoms with E-state index in [0.29, 0.717) is 11.8 Å². The Kier molecular flexibility index (Phi) is 5.94. The number of hydrogen-bond acceptors (Lipinski definition) is 3. The lowest BCUT2D eigenvalue weighted by Gasteiger charge is -2.33. The molecule has 1 saturated heterocycles. The maximum absolute atomic E-state index is 11.4. The summed E-state index contributed by atoms with van der Waals surface area (Å²) in [6, 6.07) is 0. The predicted molar refractivity (Wildman–Crippen MR) is 71.2 cm³/mol. The molecule has 1 heterocycles. The first-order valence-electron chi connectivity index (χ1n) is 6.24. The van der Waals surface area contributed by atoms with Crippen molar-refractivity contribution in [3.63, 3.8) is 0 Å². The van der Waals surface area contributed by atoms with Crippen LogP contribution in [0, 0.1) is 11.8 Å². The average Bonchev–Trinajstić information content (AvgIpc) is 2.14. The highest BCUT2D eigenvalue weighted by Gasteiger charge is 2.19. The van der Waals surface area contributed by atoms with Crippen molar-refractivity contribution in [2.75, 3.05) is 39.0 Å². The van der Waals surface area contributed by atoms with Crippen LogP contribution in [-0.2, 0) is 10.8 Å². The van der Waals surface area contributed by atoms with Gasteiger partial charge in [0.2, 0.25) is 0 Å². The molecule has 16 heavy (non-hydrogen) atoms. The topological polar surface area (TPSA) is 32.3 Å². The minimum atomic E-state index is -0.702. The number of nitrogens with one attached hydrogen (secondary N) is 1. The third-order valence-corrected chi connectivity index (χ3v) is 4.49. The van der Waals surface area contributed by atoms with E-state index in [-0.39, 0.29) is 5.25 Å². The Morgan fingerprint density at radius 3 is 2.25 bits per heavy atom. The maximum atomic E-state index is 11.4. The fourth-order valence-corrected chi connectivity index (χ4v) is 2.70. The second kappa shape index (κ2) is 6.72. The third kappa shape index (κ3) is 4.93. The fraction of sp³-hybridized carbons (Fsp3) is 1.00. The number of rotatable bonds is 3. The SMILES string of the molecule is CC1CNCC(C)CN(CC(C)S(C)=O)C1. The van der Waals surface area contributed by atoms with Crippen molar-refractivity contribution in [2.45, 2.75) is 26.0 Å². The van der Waals surface area contributed by atoms with Crippen molar-refractivity contribution in [3.8, 4) is 0 Å². The van der Waals surface area contributed by atoms with Crippen LogP contribution in [0.5, 0.6) is 0 Å². The predicted octanol–water partition coefficient (Wildman–Crippen LogP) is 0.931. The van der Waals surface area contributed by atoms with Gasteiger partial charge < -0.3 is 10.2 Å². The summed E-state index contributed by atoms with van der Waals surface area (Å²) in [7, 11) is -0.702. The van der Waals surface area contributed by atoms with E-state index in [0.717, 1.165) is 32.7 Å². The zero-order chi connectivity index (χ0) is 12.1. The first-order chi connectivity index (χ1) is 7.49. The molecule has 4 unspecified atom stereocenters. The van der Waals surface area contributed by atoms with Gasteiger partial charge in [0.15, 0.2) is 0 Å². The van der Waals surface area contributed by atoms with Crippen LogP contribution in [0.4, 0.5) is 0 Å². The monoisotopic (exact) mass is 246 g/mol. The van der Waals surface area contributed by atoms with Gasteiger partial charge in [-0.15, -0.1) is 0 Å². The molecule has 4 atom stereocenters. The van der Waals surface area contributed by atoms with E-state index in [1.165, 1.54) is 0 Å². The minimum Gasteiger partial charge on any atom is -0.316 e. The maximum Gasteiger partial charge on any atom is 0.0444 e. The molecule has 1 aliphatic heterocycles. The smallest absolute Gasteiger partial charge is 0.0444 e. The summed E-state index contributed by atoms with van der Waals surface area (Å²) in [5, 5.41) is 3.78. The molecular weight excluding hydrogens is 220 g/mol. The summed E-state index contributed by atoms with van der Waals surface area (Å²) in [5.41, 5.74) is 0. The van der Waals surface area contributed by atoms with Gasteiger partial charge in [-0.1, -0.05) is 13.8 Å². The highest BCUT2D eigenvalue weighted by molar-refractivity contribution is 7.84. The normalized spacial score (nSPS) is 32.8. The Hall–Kier alpha value is 0.0700. The molecule has 1 aliphatic rings. The van der Waals surface area contributed by atoms with Gasteiger partial charge in [-0.25, -0.2) is 0 Å². The summed E-state index contributed by atoms with van der Waals surface area (Å²) in [4.78, 5) is 2.49. The summed E-state index contributed by atoms with van der Waals surface area (Å²) in [5.74, 6) is 1.37. The molecule has 4 heteroatoms. The lowest BCUT2D eigenvalue weighted by atomic mass is 10.1. The third-order valence-electron chi connectivity index (χ3n) is 3.21. The zero-order valence-electron chi connectivity index (χ0n) is 11.0. The largest absolute Gasteiger partial charge is 0.316 e. The van der Waals surface area contributed by atoms with Crippen LogP contribution in [0.25, 0.3) is 0 Å². The van der Waals surface area contributed by atoms with Crippen LogP contribution in [0.1, 0.15) is 20.8 Å². The first kappa shape index (κ1) is 14.1. The Balaban J connectivity index is 2.49. The molecule has 0 amide bonds. The second-order valence-electron chi connectivity index (χ2n) is 5.40. The van der Waals surface area contributed by atoms with Crippen molar-refractivity contribution in [3.05, 3.63) is 0 Å². The summed E-state index contributed by atoms with van der Waals surface area (Å²) < 4.78 is 11.4. The summed E-state index contributed by atoms with van der Waals surface area (Å²) >= 11 is 0. The Morgan fingerprint density at radius 2 is 1.81 bits per heavy atom. The van der Waals surface area contributed by atoms with Crippen LogP contribution in [0.2, 0.25) is 0 Å². The van der Waals surface area contributed by atoms with Crippen LogP contribution in [0.3, 0.4) is 0 Å². The molecule has 96 valence electrons. The molecule has 1 fully saturated rings. The number of nitrogens with zero attached hydrogens (tertiary/aromatic N) is 1. The van der Waals surface area contributed by atoms with Gasteiger partial charge in [0.1, 0.15) is 0 Å². The minimum absolute atomic E-state index is 0.284. The molecule has 3 nitrogen and oxygen atoms in total. The molecule has 0 aromatic heterocycles. The van der Waals surface area contributed by atoms with Gasteiger partial charge in [-0.2, -0.15) is 0 Å². The standard InChI is InChI=1S/C12H26N2OS/c1-10-5-13-6-11(2)8-14(7-10)9-12(3)16(4)15/h10-13H,5-9H2,1-4H3.